The summed E-state index contributed by atoms with van der Waals surface area (Å²) in [5.41, 5.74) is 4.20. The smallest absolute Gasteiger partial charge is 0.419 e. The molecule has 0 saturated carbocycles. The topological polar surface area (TPSA) is 101 Å². The Labute approximate surface area is 207 Å². The van der Waals surface area contributed by atoms with E-state index in [9.17, 15) is 26.3 Å². The van der Waals surface area contributed by atoms with Gasteiger partial charge >= 0.3 is 12.4 Å². The maximum Gasteiger partial charge on any atom is 0.419 e. The first-order valence-electron chi connectivity index (χ1n) is 11.1. The summed E-state index contributed by atoms with van der Waals surface area (Å²) in [7, 11) is 0. The Bertz CT molecular complexity index is 1280. The third-order valence-electron chi connectivity index (χ3n) is 5.72. The van der Waals surface area contributed by atoms with Crippen molar-refractivity contribution in [3.05, 3.63) is 71.1 Å². The predicted molar refractivity (Wildman–Crippen MR) is 121 cm³/mol. The highest BCUT2D eigenvalue weighted by molar-refractivity contribution is 5.75. The fourth-order valence-corrected chi connectivity index (χ4v) is 3.92. The van der Waals surface area contributed by atoms with E-state index in [4.69, 9.17) is 20.4 Å². The molecule has 1 atom stereocenters. The summed E-state index contributed by atoms with van der Waals surface area (Å²) in [5, 5.41) is 11.4. The van der Waals surface area contributed by atoms with Crippen molar-refractivity contribution in [3.63, 3.8) is 0 Å². The molecule has 1 aromatic heterocycles. The summed E-state index contributed by atoms with van der Waals surface area (Å²) in [6.07, 6.45) is -5.01. The molecule has 3 N–H and O–H groups in total. The first-order valence-corrected chi connectivity index (χ1v) is 11.1. The quantitative estimate of drug-likeness (QED) is 0.236. The fourth-order valence-electron chi connectivity index (χ4n) is 3.92. The first-order chi connectivity index (χ1) is 17.4. The van der Waals surface area contributed by atoms with Crippen molar-refractivity contribution in [2.24, 2.45) is 5.73 Å². The number of alkyl halides is 6. The summed E-state index contributed by atoms with van der Waals surface area (Å²) >= 11 is 0. The van der Waals surface area contributed by atoms with Gasteiger partial charge in [0.05, 0.1) is 11.1 Å². The number of nitrogens with zero attached hydrogens (tertiary/aromatic N) is 3. The van der Waals surface area contributed by atoms with E-state index in [0.29, 0.717) is 18.5 Å². The summed E-state index contributed by atoms with van der Waals surface area (Å²) < 4.78 is 89.7. The highest BCUT2D eigenvalue weighted by Crippen LogP contribution is 2.39. The Morgan fingerprint density at radius 2 is 1.84 bits per heavy atom. The number of ether oxygens (including phenoxy) is 1. The van der Waals surface area contributed by atoms with Crippen LogP contribution in [0.5, 0.6) is 5.75 Å². The van der Waals surface area contributed by atoms with Crippen LogP contribution in [0, 0.1) is 5.41 Å². The second-order valence-corrected chi connectivity index (χ2v) is 8.23. The van der Waals surface area contributed by atoms with Crippen molar-refractivity contribution in [1.29, 1.82) is 5.41 Å². The standard InChI is InChI=1S/C24H21F6N5O2/c25-23(26,27)16-8-5-14(6-9-16)3-2-12-36-19-10-7-15(13-17(19)24(28,29)30)20-33-21(37-34-20)18-4-1-11-35(18)22(31)32/h2-3,5-10,13,18H,1,4,11-12H2,(H3,31,32). The molecule has 1 fully saturated rings. The zero-order valence-electron chi connectivity index (χ0n) is 19.1. The summed E-state index contributed by atoms with van der Waals surface area (Å²) in [6.45, 7) is 0.285. The molecule has 7 nitrogen and oxygen atoms in total. The lowest BCUT2D eigenvalue weighted by Crippen LogP contribution is -2.35. The van der Waals surface area contributed by atoms with Crippen molar-refractivity contribution in [1.82, 2.24) is 15.0 Å². The lowest BCUT2D eigenvalue weighted by atomic mass is 10.1. The number of aromatic nitrogens is 2. The summed E-state index contributed by atoms with van der Waals surface area (Å²) in [4.78, 5) is 5.79. The van der Waals surface area contributed by atoms with Gasteiger partial charge in [0.2, 0.25) is 11.7 Å². The van der Waals surface area contributed by atoms with Crippen LogP contribution in [0.25, 0.3) is 17.5 Å². The van der Waals surface area contributed by atoms with Crippen LogP contribution >= 0.6 is 0 Å². The van der Waals surface area contributed by atoms with Gasteiger partial charge < -0.3 is 19.9 Å². The molecular weight excluding hydrogens is 504 g/mol. The lowest BCUT2D eigenvalue weighted by Gasteiger charge is -2.21. The number of rotatable bonds is 6. The molecule has 1 aliphatic rings. The maximum atomic E-state index is 13.7. The van der Waals surface area contributed by atoms with Gasteiger partial charge in [-0.3, -0.25) is 5.41 Å². The van der Waals surface area contributed by atoms with Crippen LogP contribution in [0.3, 0.4) is 0 Å². The number of hydrogen-bond donors (Lipinski definition) is 2. The third kappa shape index (κ3) is 6.04. The van der Waals surface area contributed by atoms with E-state index >= 15 is 0 Å². The summed E-state index contributed by atoms with van der Waals surface area (Å²) in [6, 6.07) is 7.24. The van der Waals surface area contributed by atoms with Crippen LogP contribution in [0.4, 0.5) is 26.3 Å². The minimum absolute atomic E-state index is 0.0512. The molecule has 2 aromatic carbocycles. The molecule has 3 aromatic rings. The van der Waals surface area contributed by atoms with E-state index in [0.717, 1.165) is 30.7 Å². The molecule has 0 bridgehead atoms. The molecule has 0 radical (unpaired) electrons. The van der Waals surface area contributed by atoms with Gasteiger partial charge in [-0.1, -0.05) is 23.4 Å². The number of nitrogens with two attached hydrogens (primary N) is 1. The van der Waals surface area contributed by atoms with Gasteiger partial charge in [0.15, 0.2) is 5.96 Å². The van der Waals surface area contributed by atoms with Gasteiger partial charge in [-0.05, 0) is 54.8 Å². The third-order valence-corrected chi connectivity index (χ3v) is 5.72. The molecule has 0 spiro atoms. The Morgan fingerprint density at radius 3 is 2.49 bits per heavy atom. The highest BCUT2D eigenvalue weighted by Gasteiger charge is 2.36. The molecule has 37 heavy (non-hydrogen) atoms. The normalized spacial score (nSPS) is 16.5. The number of guanidine groups is 1. The monoisotopic (exact) mass is 525 g/mol. The van der Waals surface area contributed by atoms with Crippen molar-refractivity contribution in [2.45, 2.75) is 31.2 Å². The van der Waals surface area contributed by atoms with Crippen molar-refractivity contribution in [2.75, 3.05) is 13.2 Å². The van der Waals surface area contributed by atoms with Crippen molar-refractivity contribution >= 4 is 12.0 Å². The zero-order chi connectivity index (χ0) is 26.8. The Hall–Kier alpha value is -4.03. The van der Waals surface area contributed by atoms with Crippen LogP contribution in [0.1, 0.15) is 41.5 Å². The number of nitrogens with one attached hydrogen (secondary N) is 1. The van der Waals surface area contributed by atoms with Gasteiger partial charge in [-0.25, -0.2) is 0 Å². The molecule has 2 heterocycles. The van der Waals surface area contributed by atoms with E-state index < -0.39 is 35.3 Å². The molecule has 1 saturated heterocycles. The number of hydrogen-bond acceptors (Lipinski definition) is 5. The largest absolute Gasteiger partial charge is 0.489 e. The van der Waals surface area contributed by atoms with Gasteiger partial charge in [0.1, 0.15) is 18.4 Å². The first kappa shape index (κ1) is 26.0. The molecular formula is C24H21F6N5O2. The predicted octanol–water partition coefficient (Wildman–Crippen LogP) is 5.90. The minimum atomic E-state index is -4.74. The SMILES string of the molecule is N=C(N)N1CCCC1c1nc(-c2ccc(OCC=Cc3ccc(C(F)(F)F)cc3)c(C(F)(F)F)c2)no1. The molecule has 13 heteroatoms. The second-order valence-electron chi connectivity index (χ2n) is 8.23. The molecule has 0 amide bonds. The van der Waals surface area contributed by atoms with E-state index in [1.807, 2.05) is 0 Å². The van der Waals surface area contributed by atoms with Gasteiger partial charge in [-0.15, -0.1) is 0 Å². The highest BCUT2D eigenvalue weighted by atomic mass is 19.4. The van der Waals surface area contributed by atoms with E-state index in [-0.39, 0.29) is 29.8 Å². The molecule has 1 aliphatic heterocycles. The van der Waals surface area contributed by atoms with E-state index in [1.165, 1.54) is 30.4 Å². The van der Waals surface area contributed by atoms with Crippen molar-refractivity contribution < 1.29 is 35.6 Å². The Morgan fingerprint density at radius 1 is 1.11 bits per heavy atom. The number of benzene rings is 2. The van der Waals surface area contributed by atoms with Crippen LogP contribution in [0.2, 0.25) is 0 Å². The zero-order valence-corrected chi connectivity index (χ0v) is 19.1. The van der Waals surface area contributed by atoms with Gasteiger partial charge in [0.25, 0.3) is 0 Å². The van der Waals surface area contributed by atoms with Crippen LogP contribution in [-0.2, 0) is 12.4 Å². The Kier molecular flexibility index (Phi) is 7.14. The van der Waals surface area contributed by atoms with E-state index in [2.05, 4.69) is 10.1 Å². The maximum absolute atomic E-state index is 13.7. The molecule has 4 rings (SSSR count). The minimum Gasteiger partial charge on any atom is -0.489 e. The van der Waals surface area contributed by atoms with Crippen LogP contribution < -0.4 is 10.5 Å². The van der Waals surface area contributed by atoms with Gasteiger partial charge in [0, 0.05) is 12.1 Å². The second kappa shape index (κ2) is 10.1. The molecule has 1 unspecified atom stereocenters. The fraction of sp³-hybridized carbons (Fsp3) is 0.292. The number of halogens is 6. The molecule has 0 aliphatic carbocycles. The average molecular weight is 525 g/mol. The Balaban J connectivity index is 1.48. The van der Waals surface area contributed by atoms with Crippen LogP contribution in [0.15, 0.2) is 53.1 Å². The van der Waals surface area contributed by atoms with Crippen molar-refractivity contribution in [3.8, 4) is 17.1 Å². The van der Waals surface area contributed by atoms with Gasteiger partial charge in [-0.2, -0.15) is 31.3 Å². The summed E-state index contributed by atoms with van der Waals surface area (Å²) in [5.74, 6) is -0.485. The molecule has 196 valence electrons. The van der Waals surface area contributed by atoms with Crippen LogP contribution in [-0.4, -0.2) is 34.2 Å². The number of likely N-dealkylation sites (tertiary alicyclic amines) is 1. The van der Waals surface area contributed by atoms with E-state index in [1.54, 1.807) is 4.90 Å². The average Bonchev–Trinajstić information content (AvgIpc) is 3.51. The lowest BCUT2D eigenvalue weighted by molar-refractivity contribution is -0.139.